The fourth-order valence-electron chi connectivity index (χ4n) is 1.65. The highest BCUT2D eigenvalue weighted by atomic mass is 79.9. The normalized spacial score (nSPS) is 10.5. The monoisotopic (exact) mass is 295 g/mol. The average Bonchev–Trinajstić information content (AvgIpc) is 2.60. The summed E-state index contributed by atoms with van der Waals surface area (Å²) in [6, 6.07) is 3.64. The van der Waals surface area contributed by atoms with Crippen LogP contribution in [0.2, 0.25) is 0 Å². The first-order valence-corrected chi connectivity index (χ1v) is 5.74. The third-order valence-corrected chi connectivity index (χ3v) is 2.78. The minimum atomic E-state index is -0.334. The lowest BCUT2D eigenvalue weighted by Gasteiger charge is -2.15. The van der Waals surface area contributed by atoms with Crippen molar-refractivity contribution < 1.29 is 9.59 Å². The van der Waals surface area contributed by atoms with Crippen LogP contribution in [0.1, 0.15) is 13.8 Å². The van der Waals surface area contributed by atoms with Crippen LogP contribution in [0, 0.1) is 0 Å². The lowest BCUT2D eigenvalue weighted by atomic mass is 10.4. The molecular weight excluding hydrogens is 286 g/mol. The molecule has 88 valence electrons. The molecule has 0 fully saturated rings. The maximum absolute atomic E-state index is 11.5. The van der Waals surface area contributed by atoms with Gasteiger partial charge in [-0.2, -0.15) is 0 Å². The molecule has 0 aliphatic heterocycles. The van der Waals surface area contributed by atoms with Gasteiger partial charge in [-0.1, -0.05) is 0 Å². The third-order valence-electron chi connectivity index (χ3n) is 2.31. The summed E-state index contributed by atoms with van der Waals surface area (Å²) < 4.78 is 2.53. The van der Waals surface area contributed by atoms with E-state index in [1.165, 1.54) is 20.0 Å². The SMILES string of the molecule is CC(=O)N(C(C)=O)c1cnc2ccc(Br)cn12. The second-order valence-corrected chi connectivity index (χ2v) is 4.48. The van der Waals surface area contributed by atoms with E-state index in [1.807, 2.05) is 6.07 Å². The number of rotatable bonds is 1. The molecule has 0 aromatic carbocycles. The molecule has 0 N–H and O–H groups in total. The number of imidazole rings is 1. The Kier molecular flexibility index (Phi) is 2.97. The molecule has 17 heavy (non-hydrogen) atoms. The largest absolute Gasteiger partial charge is 0.284 e. The number of aromatic nitrogens is 2. The van der Waals surface area contributed by atoms with Gasteiger partial charge in [0.15, 0.2) is 0 Å². The van der Waals surface area contributed by atoms with E-state index in [1.54, 1.807) is 16.7 Å². The summed E-state index contributed by atoms with van der Waals surface area (Å²) in [5, 5.41) is 0. The summed E-state index contributed by atoms with van der Waals surface area (Å²) in [5.74, 6) is -0.222. The molecule has 2 heterocycles. The van der Waals surface area contributed by atoms with Crippen LogP contribution in [-0.4, -0.2) is 21.2 Å². The van der Waals surface area contributed by atoms with E-state index >= 15 is 0 Å². The molecule has 5 nitrogen and oxygen atoms in total. The molecule has 2 amide bonds. The Balaban J connectivity index is 2.65. The van der Waals surface area contributed by atoms with Gasteiger partial charge in [-0.3, -0.25) is 14.0 Å². The standard InChI is InChI=1S/C11H10BrN3O2/c1-7(16)15(8(2)17)11-5-13-10-4-3-9(12)6-14(10)11/h3-6H,1-2H3. The first kappa shape index (κ1) is 11.8. The molecule has 0 atom stereocenters. The topological polar surface area (TPSA) is 54.7 Å². The Morgan fingerprint density at radius 2 is 1.94 bits per heavy atom. The smallest absolute Gasteiger partial charge is 0.231 e. The molecule has 0 aliphatic rings. The zero-order chi connectivity index (χ0) is 12.6. The summed E-state index contributed by atoms with van der Waals surface area (Å²) in [5.41, 5.74) is 0.677. The average molecular weight is 296 g/mol. The van der Waals surface area contributed by atoms with Gasteiger partial charge in [0.05, 0.1) is 6.20 Å². The number of carbonyl (C=O) groups is 2. The fourth-order valence-corrected chi connectivity index (χ4v) is 1.99. The number of anilines is 1. The van der Waals surface area contributed by atoms with Crippen molar-refractivity contribution >= 4 is 39.2 Å². The van der Waals surface area contributed by atoms with Crippen LogP contribution < -0.4 is 4.90 Å². The van der Waals surface area contributed by atoms with E-state index in [0.29, 0.717) is 11.5 Å². The van der Waals surface area contributed by atoms with Crippen molar-refractivity contribution in [2.45, 2.75) is 13.8 Å². The number of fused-ring (bicyclic) bond motifs is 1. The van der Waals surface area contributed by atoms with Crippen molar-refractivity contribution in [3.8, 4) is 0 Å². The van der Waals surface area contributed by atoms with Gasteiger partial charge in [0.25, 0.3) is 0 Å². The molecule has 2 aromatic heterocycles. The van der Waals surface area contributed by atoms with Crippen LogP contribution in [0.3, 0.4) is 0 Å². The molecule has 0 aliphatic carbocycles. The fraction of sp³-hybridized carbons (Fsp3) is 0.182. The first-order valence-electron chi connectivity index (χ1n) is 4.94. The summed E-state index contributed by atoms with van der Waals surface area (Å²) in [6.07, 6.45) is 3.26. The number of carbonyl (C=O) groups excluding carboxylic acids is 2. The summed E-state index contributed by atoms with van der Waals surface area (Å²) >= 11 is 3.34. The van der Waals surface area contributed by atoms with Gasteiger partial charge in [-0.25, -0.2) is 9.88 Å². The lowest BCUT2D eigenvalue weighted by Crippen LogP contribution is -2.34. The van der Waals surface area contributed by atoms with Crippen LogP contribution in [0.25, 0.3) is 5.65 Å². The van der Waals surface area contributed by atoms with Crippen molar-refractivity contribution in [2.75, 3.05) is 4.90 Å². The second kappa shape index (κ2) is 4.29. The second-order valence-electron chi connectivity index (χ2n) is 3.57. The maximum atomic E-state index is 11.5. The van der Waals surface area contributed by atoms with Crippen LogP contribution in [0.4, 0.5) is 5.82 Å². The van der Waals surface area contributed by atoms with E-state index in [4.69, 9.17) is 0 Å². The van der Waals surface area contributed by atoms with E-state index < -0.39 is 0 Å². The highest BCUT2D eigenvalue weighted by molar-refractivity contribution is 9.10. The van der Waals surface area contributed by atoms with E-state index in [2.05, 4.69) is 20.9 Å². The summed E-state index contributed by atoms with van der Waals surface area (Å²) in [6.45, 7) is 2.69. The molecule has 2 aromatic rings. The molecule has 0 saturated carbocycles. The number of nitrogens with zero attached hydrogens (tertiary/aromatic N) is 3. The van der Waals surface area contributed by atoms with Crippen molar-refractivity contribution in [2.24, 2.45) is 0 Å². The van der Waals surface area contributed by atoms with Gasteiger partial charge in [-0.05, 0) is 28.1 Å². The molecule has 2 rings (SSSR count). The van der Waals surface area contributed by atoms with Crippen molar-refractivity contribution in [1.82, 2.24) is 9.38 Å². The van der Waals surface area contributed by atoms with Gasteiger partial charge in [-0.15, -0.1) is 0 Å². The predicted octanol–water partition coefficient (Wildman–Crippen LogP) is 2.00. The Labute approximate surface area is 106 Å². The molecule has 0 spiro atoms. The van der Waals surface area contributed by atoms with Crippen molar-refractivity contribution in [1.29, 1.82) is 0 Å². The van der Waals surface area contributed by atoms with Crippen LogP contribution in [0.15, 0.2) is 29.0 Å². The van der Waals surface area contributed by atoms with E-state index in [0.717, 1.165) is 9.37 Å². The van der Waals surface area contributed by atoms with Gasteiger partial charge in [0.1, 0.15) is 11.5 Å². The Morgan fingerprint density at radius 1 is 1.29 bits per heavy atom. The van der Waals surface area contributed by atoms with Crippen LogP contribution >= 0.6 is 15.9 Å². The van der Waals surface area contributed by atoms with Crippen molar-refractivity contribution in [3.63, 3.8) is 0 Å². The lowest BCUT2D eigenvalue weighted by molar-refractivity contribution is -0.124. The van der Waals surface area contributed by atoms with Gasteiger partial charge >= 0.3 is 0 Å². The van der Waals surface area contributed by atoms with Crippen molar-refractivity contribution in [3.05, 3.63) is 29.0 Å². The Hall–Kier alpha value is -1.69. The summed E-state index contributed by atoms with van der Waals surface area (Å²) in [7, 11) is 0. The van der Waals surface area contributed by atoms with Crippen LogP contribution in [0.5, 0.6) is 0 Å². The Bertz CT molecular complexity index is 592. The van der Waals surface area contributed by atoms with Crippen LogP contribution in [-0.2, 0) is 9.59 Å². The predicted molar refractivity (Wildman–Crippen MR) is 66.7 cm³/mol. The quantitative estimate of drug-likeness (QED) is 0.808. The minimum Gasteiger partial charge on any atom is -0.284 e. The number of pyridine rings is 1. The minimum absolute atomic E-state index is 0.334. The van der Waals surface area contributed by atoms with E-state index in [-0.39, 0.29) is 11.8 Å². The highest BCUT2D eigenvalue weighted by Gasteiger charge is 2.20. The number of imide groups is 1. The number of hydrogen-bond acceptors (Lipinski definition) is 3. The number of amides is 2. The number of halogens is 1. The molecule has 6 heteroatoms. The third kappa shape index (κ3) is 2.08. The van der Waals surface area contributed by atoms with Gasteiger partial charge in [0.2, 0.25) is 11.8 Å². The molecular formula is C11H10BrN3O2. The number of hydrogen-bond donors (Lipinski definition) is 0. The van der Waals surface area contributed by atoms with E-state index in [9.17, 15) is 9.59 Å². The zero-order valence-electron chi connectivity index (χ0n) is 9.35. The van der Waals surface area contributed by atoms with Gasteiger partial charge < -0.3 is 0 Å². The Morgan fingerprint density at radius 3 is 2.53 bits per heavy atom. The maximum Gasteiger partial charge on any atom is 0.231 e. The van der Waals surface area contributed by atoms with Gasteiger partial charge in [0, 0.05) is 24.5 Å². The molecule has 0 unspecified atom stereocenters. The highest BCUT2D eigenvalue weighted by Crippen LogP contribution is 2.20. The zero-order valence-corrected chi connectivity index (χ0v) is 10.9. The molecule has 0 bridgehead atoms. The first-order chi connectivity index (χ1) is 8.00. The summed E-state index contributed by atoms with van der Waals surface area (Å²) in [4.78, 5) is 28.2. The molecule has 0 saturated heterocycles. The molecule has 0 radical (unpaired) electrons.